The Morgan fingerprint density at radius 2 is 1.76 bits per heavy atom. The summed E-state index contributed by atoms with van der Waals surface area (Å²) in [5.74, 6) is 0. The molecule has 0 aromatic rings. The second kappa shape index (κ2) is 12.4. The van der Waals surface area contributed by atoms with Gasteiger partial charge in [-0.3, -0.25) is 0 Å². The zero-order chi connectivity index (χ0) is 18.6. The Kier molecular flexibility index (Phi) is 11.4. The van der Waals surface area contributed by atoms with E-state index in [4.69, 9.17) is 23.1 Å². The number of unbranched alkanes of at least 4 members (excludes halogenated alkanes) is 2. The molecule has 0 spiro atoms. The molecule has 0 amide bonds. The van der Waals surface area contributed by atoms with Crippen molar-refractivity contribution in [3.8, 4) is 0 Å². The van der Waals surface area contributed by atoms with E-state index >= 15 is 0 Å². The van der Waals surface area contributed by atoms with Gasteiger partial charge in [-0.1, -0.05) is 46.0 Å². The molecule has 0 saturated carbocycles. The summed E-state index contributed by atoms with van der Waals surface area (Å²) in [5, 5.41) is -0.122. The van der Waals surface area contributed by atoms with Crippen LogP contribution >= 0.6 is 0 Å². The molecule has 0 N–H and O–H groups in total. The first kappa shape index (κ1) is 23.1. The van der Waals surface area contributed by atoms with E-state index in [0.29, 0.717) is 6.10 Å². The maximum absolute atomic E-state index is 5.83. The number of hydrogen-bond donors (Lipinski definition) is 0. The molecule has 150 valence electrons. The monoisotopic (exact) mass is 376 g/mol. The van der Waals surface area contributed by atoms with Gasteiger partial charge in [0, 0.05) is 27.9 Å². The zero-order valence-electron chi connectivity index (χ0n) is 17.1. The van der Waals surface area contributed by atoms with Crippen LogP contribution in [-0.4, -0.2) is 61.0 Å². The lowest BCUT2D eigenvalue weighted by Gasteiger charge is -2.47. The Morgan fingerprint density at radius 1 is 1.04 bits per heavy atom. The highest BCUT2D eigenvalue weighted by Gasteiger charge is 2.58. The highest BCUT2D eigenvalue weighted by molar-refractivity contribution is 6.70. The fourth-order valence-corrected chi connectivity index (χ4v) is 7.75. The average molecular weight is 377 g/mol. The van der Waals surface area contributed by atoms with Crippen LogP contribution < -0.4 is 0 Å². The molecular formula is C19H40O5Si. The van der Waals surface area contributed by atoms with E-state index in [9.17, 15) is 0 Å². The van der Waals surface area contributed by atoms with Gasteiger partial charge in [-0.2, -0.15) is 0 Å². The zero-order valence-corrected chi connectivity index (χ0v) is 18.1. The number of ether oxygens (including phenoxy) is 3. The van der Waals surface area contributed by atoms with Gasteiger partial charge in [-0.05, 0) is 25.3 Å². The second-order valence-electron chi connectivity index (χ2n) is 7.05. The van der Waals surface area contributed by atoms with Gasteiger partial charge < -0.3 is 23.1 Å². The van der Waals surface area contributed by atoms with Crippen LogP contribution in [0.2, 0.25) is 6.04 Å². The minimum absolute atomic E-state index is 0.122. The maximum atomic E-state index is 5.83. The lowest BCUT2D eigenvalue weighted by Crippen LogP contribution is -2.64. The first-order chi connectivity index (χ1) is 12.1. The summed E-state index contributed by atoms with van der Waals surface area (Å²) in [6, 6.07) is 1.06. The molecule has 2 rings (SSSR count). The Bertz CT molecular complexity index is 330. The van der Waals surface area contributed by atoms with Crippen molar-refractivity contribution in [1.82, 2.24) is 0 Å². The van der Waals surface area contributed by atoms with E-state index in [1.165, 1.54) is 32.1 Å². The van der Waals surface area contributed by atoms with Crippen LogP contribution in [0.1, 0.15) is 65.2 Å². The van der Waals surface area contributed by atoms with Crippen LogP contribution in [0.4, 0.5) is 0 Å². The summed E-state index contributed by atoms with van der Waals surface area (Å²) in [7, 11) is 3.22. The molecule has 2 unspecified atom stereocenters. The third kappa shape index (κ3) is 6.92. The van der Waals surface area contributed by atoms with Crippen LogP contribution in [0.3, 0.4) is 0 Å². The van der Waals surface area contributed by atoms with Gasteiger partial charge >= 0.3 is 8.56 Å². The molecule has 0 bridgehead atoms. The summed E-state index contributed by atoms with van der Waals surface area (Å²) in [6.07, 6.45) is 9.88. The fraction of sp³-hybridized carbons (Fsp3) is 1.00. The first-order valence-corrected chi connectivity index (χ1v) is 12.0. The van der Waals surface area contributed by atoms with Crippen LogP contribution in [-0.2, 0) is 23.1 Å². The van der Waals surface area contributed by atoms with Crippen molar-refractivity contribution >= 4 is 8.56 Å². The smallest absolute Gasteiger partial charge is 0.370 e. The van der Waals surface area contributed by atoms with E-state index in [2.05, 4.69) is 13.8 Å². The Labute approximate surface area is 155 Å². The molecule has 2 atom stereocenters. The topological polar surface area (TPSA) is 49.5 Å². The maximum Gasteiger partial charge on any atom is 0.370 e. The summed E-state index contributed by atoms with van der Waals surface area (Å²) in [5.41, 5.74) is 0. The summed E-state index contributed by atoms with van der Waals surface area (Å²) in [4.78, 5) is 0. The summed E-state index contributed by atoms with van der Waals surface area (Å²) >= 11 is 0. The SMILES string of the molecule is CCCC1(OC)CCCC[Si]1(OC)OC.CCCCCOCC1CO1. The van der Waals surface area contributed by atoms with E-state index < -0.39 is 8.56 Å². The van der Waals surface area contributed by atoms with E-state index in [1.54, 1.807) is 21.3 Å². The van der Waals surface area contributed by atoms with Crippen LogP contribution in [0.5, 0.6) is 0 Å². The van der Waals surface area contributed by atoms with E-state index in [1.807, 2.05) is 0 Å². The van der Waals surface area contributed by atoms with Gasteiger partial charge in [0.25, 0.3) is 0 Å². The number of epoxide rings is 1. The largest absolute Gasteiger partial charge is 0.396 e. The van der Waals surface area contributed by atoms with Crippen LogP contribution in [0.15, 0.2) is 0 Å². The van der Waals surface area contributed by atoms with Crippen LogP contribution in [0, 0.1) is 0 Å². The molecule has 2 aliphatic rings. The van der Waals surface area contributed by atoms with Crippen molar-refractivity contribution in [3.63, 3.8) is 0 Å². The summed E-state index contributed by atoms with van der Waals surface area (Å²) in [6.45, 7) is 7.02. The van der Waals surface area contributed by atoms with Crippen molar-refractivity contribution in [1.29, 1.82) is 0 Å². The molecule has 6 heteroatoms. The summed E-state index contributed by atoms with van der Waals surface area (Å²) < 4.78 is 27.7. The molecule has 5 nitrogen and oxygen atoms in total. The Hall–Kier alpha value is 0.0169. The predicted molar refractivity (Wildman–Crippen MR) is 103 cm³/mol. The minimum Gasteiger partial charge on any atom is -0.396 e. The highest BCUT2D eigenvalue weighted by atomic mass is 28.4. The molecular weight excluding hydrogens is 336 g/mol. The van der Waals surface area contributed by atoms with Crippen LogP contribution in [0.25, 0.3) is 0 Å². The number of methoxy groups -OCH3 is 1. The lowest BCUT2D eigenvalue weighted by molar-refractivity contribution is -0.0149. The first-order valence-electron chi connectivity index (χ1n) is 9.98. The van der Waals surface area contributed by atoms with E-state index in [-0.39, 0.29) is 5.22 Å². The molecule has 25 heavy (non-hydrogen) atoms. The highest BCUT2D eigenvalue weighted by Crippen LogP contribution is 2.42. The van der Waals surface area contributed by atoms with Gasteiger partial charge in [0.15, 0.2) is 0 Å². The number of rotatable bonds is 11. The normalized spacial score (nSPS) is 27.5. The molecule has 2 heterocycles. The molecule has 2 saturated heterocycles. The average Bonchev–Trinajstić information content (AvgIpc) is 3.47. The Morgan fingerprint density at radius 3 is 2.28 bits per heavy atom. The van der Waals surface area contributed by atoms with Gasteiger partial charge in [-0.15, -0.1) is 0 Å². The molecule has 2 aliphatic heterocycles. The standard InChI is InChI=1S/C11H24O3Si.C8H16O2/c1-5-8-11(12-2)9-6-7-10-15(11,13-3)14-4;1-2-3-4-5-9-6-8-7-10-8/h5-10H2,1-4H3;8H,2-7H2,1H3. The van der Waals surface area contributed by atoms with Gasteiger partial charge in [-0.25, -0.2) is 0 Å². The van der Waals surface area contributed by atoms with Crippen molar-refractivity contribution in [2.24, 2.45) is 0 Å². The van der Waals surface area contributed by atoms with Crippen molar-refractivity contribution in [2.75, 3.05) is 41.2 Å². The van der Waals surface area contributed by atoms with Gasteiger partial charge in [0.2, 0.25) is 0 Å². The van der Waals surface area contributed by atoms with E-state index in [0.717, 1.165) is 45.1 Å². The fourth-order valence-electron chi connectivity index (χ4n) is 3.76. The third-order valence-electron chi connectivity index (χ3n) is 5.33. The Balaban J connectivity index is 0.000000271. The minimum atomic E-state index is -2.15. The lowest BCUT2D eigenvalue weighted by atomic mass is 10.1. The van der Waals surface area contributed by atoms with Gasteiger partial charge in [0.05, 0.1) is 13.2 Å². The molecule has 0 aliphatic carbocycles. The molecule has 2 fully saturated rings. The molecule has 0 aromatic carbocycles. The second-order valence-corrected chi connectivity index (χ2v) is 10.8. The predicted octanol–water partition coefficient (Wildman–Crippen LogP) is 4.22. The molecule has 0 aromatic heterocycles. The molecule has 0 radical (unpaired) electrons. The van der Waals surface area contributed by atoms with Crippen molar-refractivity contribution < 1.29 is 23.1 Å². The van der Waals surface area contributed by atoms with Gasteiger partial charge in [0.1, 0.15) is 11.3 Å². The van der Waals surface area contributed by atoms with Crippen molar-refractivity contribution in [2.45, 2.75) is 82.6 Å². The number of hydrogen-bond acceptors (Lipinski definition) is 5. The quantitative estimate of drug-likeness (QED) is 0.307. The third-order valence-corrected chi connectivity index (χ3v) is 9.76. The van der Waals surface area contributed by atoms with Crippen molar-refractivity contribution in [3.05, 3.63) is 0 Å².